The molecule has 6 nitrogen and oxygen atoms in total. The fourth-order valence-corrected chi connectivity index (χ4v) is 2.93. The number of hydrogen-bond acceptors (Lipinski definition) is 6. The summed E-state index contributed by atoms with van der Waals surface area (Å²) >= 11 is 1.54. The molecular formula is C16H23N3O3S. The zero-order valence-electron chi connectivity index (χ0n) is 13.7. The summed E-state index contributed by atoms with van der Waals surface area (Å²) < 4.78 is 5.17. The van der Waals surface area contributed by atoms with Gasteiger partial charge < -0.3 is 14.9 Å². The number of aliphatic hydroxyl groups is 1. The minimum Gasteiger partial charge on any atom is -0.394 e. The molecule has 2 N–H and O–H groups in total. The van der Waals surface area contributed by atoms with Crippen LogP contribution in [0.2, 0.25) is 0 Å². The molecule has 0 spiro atoms. The quantitative estimate of drug-likeness (QED) is 0.811. The van der Waals surface area contributed by atoms with E-state index in [-0.39, 0.29) is 30.4 Å². The van der Waals surface area contributed by atoms with Gasteiger partial charge in [0.05, 0.1) is 17.5 Å². The van der Waals surface area contributed by atoms with Gasteiger partial charge in [-0.3, -0.25) is 4.79 Å². The molecule has 0 aromatic carbocycles. The third kappa shape index (κ3) is 5.76. The van der Waals surface area contributed by atoms with E-state index in [1.54, 1.807) is 0 Å². The van der Waals surface area contributed by atoms with Crippen LogP contribution in [0.25, 0.3) is 10.7 Å². The van der Waals surface area contributed by atoms with Gasteiger partial charge in [0.15, 0.2) is 0 Å². The van der Waals surface area contributed by atoms with Gasteiger partial charge in [0.25, 0.3) is 0 Å². The van der Waals surface area contributed by atoms with E-state index in [0.29, 0.717) is 18.1 Å². The molecule has 2 aromatic rings. The fraction of sp³-hybridized carbons (Fsp3) is 0.562. The summed E-state index contributed by atoms with van der Waals surface area (Å²) in [7, 11) is 0. The lowest BCUT2D eigenvalue weighted by atomic mass is 9.88. The first-order valence-corrected chi connectivity index (χ1v) is 8.52. The normalized spacial score (nSPS) is 13.0. The van der Waals surface area contributed by atoms with Crippen LogP contribution in [0, 0.1) is 5.41 Å². The number of aromatic nitrogens is 2. The predicted molar refractivity (Wildman–Crippen MR) is 89.0 cm³/mol. The average molecular weight is 337 g/mol. The Morgan fingerprint density at radius 3 is 2.87 bits per heavy atom. The Morgan fingerprint density at radius 2 is 2.26 bits per heavy atom. The van der Waals surface area contributed by atoms with Crippen molar-refractivity contribution in [3.63, 3.8) is 0 Å². The van der Waals surface area contributed by atoms with Gasteiger partial charge in [-0.25, -0.2) is 0 Å². The van der Waals surface area contributed by atoms with Crippen molar-refractivity contribution >= 4 is 17.2 Å². The van der Waals surface area contributed by atoms with E-state index in [0.717, 1.165) is 11.3 Å². The van der Waals surface area contributed by atoms with E-state index in [4.69, 9.17) is 4.52 Å². The summed E-state index contributed by atoms with van der Waals surface area (Å²) in [6, 6.07) is 3.62. The number of rotatable bonds is 7. The maximum Gasteiger partial charge on any atom is 0.227 e. The molecule has 0 aliphatic carbocycles. The number of nitrogens with zero attached hydrogens (tertiary/aromatic N) is 2. The standard InChI is InChI=1S/C16H23N3O3S/c1-16(2,3)9-11(10-20)17-13(21)6-7-14-18-15(19-22-14)12-5-4-8-23-12/h4-5,8,11,20H,6-7,9-10H2,1-3H3,(H,17,21). The summed E-state index contributed by atoms with van der Waals surface area (Å²) in [4.78, 5) is 17.2. The molecule has 0 fully saturated rings. The highest BCUT2D eigenvalue weighted by Gasteiger charge is 2.20. The van der Waals surface area contributed by atoms with Gasteiger partial charge in [0.1, 0.15) is 0 Å². The van der Waals surface area contributed by atoms with Gasteiger partial charge in [-0.1, -0.05) is 32.0 Å². The molecule has 2 heterocycles. The highest BCUT2D eigenvalue weighted by atomic mass is 32.1. The Kier molecular flexibility index (Phi) is 5.90. The molecule has 0 saturated heterocycles. The lowest BCUT2D eigenvalue weighted by Gasteiger charge is -2.25. The summed E-state index contributed by atoms with van der Waals surface area (Å²) in [6.07, 6.45) is 1.36. The predicted octanol–water partition coefficient (Wildman–Crippen LogP) is 2.64. The van der Waals surface area contributed by atoms with Gasteiger partial charge in [-0.05, 0) is 23.3 Å². The summed E-state index contributed by atoms with van der Waals surface area (Å²) in [5.74, 6) is 0.875. The van der Waals surface area contributed by atoms with Crippen molar-refractivity contribution in [1.82, 2.24) is 15.5 Å². The maximum absolute atomic E-state index is 12.0. The molecule has 0 radical (unpaired) electrons. The number of amides is 1. The Labute approximate surface area is 139 Å². The summed E-state index contributed by atoms with van der Waals surface area (Å²) in [5, 5.41) is 18.1. The molecule has 0 aliphatic heterocycles. The van der Waals surface area contributed by atoms with Crippen molar-refractivity contribution in [2.75, 3.05) is 6.61 Å². The number of carbonyl (C=O) groups is 1. The van der Waals surface area contributed by atoms with Crippen molar-refractivity contribution in [2.45, 2.75) is 46.1 Å². The third-order valence-electron chi connectivity index (χ3n) is 3.22. The third-order valence-corrected chi connectivity index (χ3v) is 4.09. The van der Waals surface area contributed by atoms with Crippen molar-refractivity contribution in [3.8, 4) is 10.7 Å². The molecule has 7 heteroatoms. The van der Waals surface area contributed by atoms with Crippen LogP contribution in [0.5, 0.6) is 0 Å². The summed E-state index contributed by atoms with van der Waals surface area (Å²) in [5.41, 5.74) is 0.0444. The molecule has 0 bridgehead atoms. The van der Waals surface area contributed by atoms with E-state index in [2.05, 4.69) is 36.2 Å². The van der Waals surface area contributed by atoms with Crippen molar-refractivity contribution < 1.29 is 14.4 Å². The van der Waals surface area contributed by atoms with Crippen LogP contribution >= 0.6 is 11.3 Å². The first-order chi connectivity index (χ1) is 10.9. The first-order valence-electron chi connectivity index (χ1n) is 7.64. The second-order valence-corrected chi connectivity index (χ2v) is 7.65. The van der Waals surface area contributed by atoms with Crippen molar-refractivity contribution in [3.05, 3.63) is 23.4 Å². The van der Waals surface area contributed by atoms with Gasteiger partial charge in [0.2, 0.25) is 17.6 Å². The van der Waals surface area contributed by atoms with Crippen LogP contribution in [0.15, 0.2) is 22.0 Å². The Hall–Kier alpha value is -1.73. The van der Waals surface area contributed by atoms with Crippen LogP contribution in [-0.2, 0) is 11.2 Å². The molecule has 2 aromatic heterocycles. The number of aliphatic hydroxyl groups excluding tert-OH is 1. The monoisotopic (exact) mass is 337 g/mol. The zero-order chi connectivity index (χ0) is 16.9. The second kappa shape index (κ2) is 7.70. The molecular weight excluding hydrogens is 314 g/mol. The molecule has 1 atom stereocenters. The smallest absolute Gasteiger partial charge is 0.227 e. The maximum atomic E-state index is 12.0. The largest absolute Gasteiger partial charge is 0.394 e. The number of aryl methyl sites for hydroxylation is 1. The SMILES string of the molecule is CC(C)(C)CC(CO)NC(=O)CCc1nc(-c2cccs2)no1. The summed E-state index contributed by atoms with van der Waals surface area (Å²) in [6.45, 7) is 6.16. The van der Waals surface area contributed by atoms with E-state index in [1.807, 2.05) is 17.5 Å². The lowest BCUT2D eigenvalue weighted by molar-refractivity contribution is -0.122. The molecule has 1 amide bonds. The lowest BCUT2D eigenvalue weighted by Crippen LogP contribution is -2.40. The van der Waals surface area contributed by atoms with Crippen LogP contribution in [0.3, 0.4) is 0 Å². The number of nitrogens with one attached hydrogen (secondary N) is 1. The molecule has 0 aliphatic rings. The fourth-order valence-electron chi connectivity index (χ4n) is 2.28. The number of carbonyl (C=O) groups excluding carboxylic acids is 1. The Bertz CT molecular complexity index is 617. The Morgan fingerprint density at radius 1 is 1.48 bits per heavy atom. The number of hydrogen-bond donors (Lipinski definition) is 2. The van der Waals surface area contributed by atoms with E-state index in [9.17, 15) is 9.90 Å². The van der Waals surface area contributed by atoms with Crippen LogP contribution in [0.4, 0.5) is 0 Å². The van der Waals surface area contributed by atoms with Gasteiger partial charge in [-0.15, -0.1) is 11.3 Å². The van der Waals surface area contributed by atoms with Crippen molar-refractivity contribution in [2.24, 2.45) is 5.41 Å². The molecule has 0 saturated carbocycles. The minimum atomic E-state index is -0.230. The van der Waals surface area contributed by atoms with Gasteiger partial charge >= 0.3 is 0 Å². The van der Waals surface area contributed by atoms with Crippen LogP contribution in [0.1, 0.15) is 39.5 Å². The molecule has 23 heavy (non-hydrogen) atoms. The highest BCUT2D eigenvalue weighted by molar-refractivity contribution is 7.13. The highest BCUT2D eigenvalue weighted by Crippen LogP contribution is 2.22. The van der Waals surface area contributed by atoms with E-state index >= 15 is 0 Å². The average Bonchev–Trinajstić information content (AvgIpc) is 3.13. The van der Waals surface area contributed by atoms with E-state index in [1.165, 1.54) is 11.3 Å². The topological polar surface area (TPSA) is 88.2 Å². The molecule has 1 unspecified atom stereocenters. The van der Waals surface area contributed by atoms with Crippen LogP contribution in [-0.4, -0.2) is 33.8 Å². The van der Waals surface area contributed by atoms with Crippen LogP contribution < -0.4 is 5.32 Å². The van der Waals surface area contributed by atoms with Gasteiger partial charge in [-0.2, -0.15) is 4.98 Å². The minimum absolute atomic E-state index is 0.0444. The molecule has 126 valence electrons. The first kappa shape index (κ1) is 17.6. The van der Waals surface area contributed by atoms with Gasteiger partial charge in [0, 0.05) is 12.8 Å². The zero-order valence-corrected chi connectivity index (χ0v) is 14.5. The van der Waals surface area contributed by atoms with Crippen molar-refractivity contribution in [1.29, 1.82) is 0 Å². The molecule has 2 rings (SSSR count). The Balaban J connectivity index is 1.82. The van der Waals surface area contributed by atoms with E-state index < -0.39 is 0 Å². The number of thiophene rings is 1. The second-order valence-electron chi connectivity index (χ2n) is 6.70.